The number of benzene rings is 1. The number of hydrogen-bond donors (Lipinski definition) is 2. The van der Waals surface area contributed by atoms with E-state index in [1.165, 1.54) is 0 Å². The summed E-state index contributed by atoms with van der Waals surface area (Å²) in [7, 11) is 2.00. The third kappa shape index (κ3) is 6.96. The summed E-state index contributed by atoms with van der Waals surface area (Å²) in [5.41, 5.74) is 2.42. The lowest BCUT2D eigenvalue weighted by Gasteiger charge is -2.21. The highest BCUT2D eigenvalue weighted by Crippen LogP contribution is 2.11. The van der Waals surface area contributed by atoms with Gasteiger partial charge in [0.2, 0.25) is 0 Å². The van der Waals surface area contributed by atoms with Gasteiger partial charge in [-0.3, -0.25) is 4.79 Å². The van der Waals surface area contributed by atoms with Crippen LogP contribution in [0.1, 0.15) is 54.3 Å². The van der Waals surface area contributed by atoms with Crippen LogP contribution in [0.2, 0.25) is 0 Å². The van der Waals surface area contributed by atoms with Crippen molar-refractivity contribution in [1.29, 1.82) is 0 Å². The van der Waals surface area contributed by atoms with Crippen molar-refractivity contribution >= 4 is 23.2 Å². The fourth-order valence-electron chi connectivity index (χ4n) is 2.66. The van der Waals surface area contributed by atoms with Gasteiger partial charge in [0, 0.05) is 30.1 Å². The lowest BCUT2D eigenvalue weighted by Crippen LogP contribution is -2.40. The van der Waals surface area contributed by atoms with E-state index >= 15 is 0 Å². The molecule has 1 aromatic carbocycles. The van der Waals surface area contributed by atoms with E-state index in [0.29, 0.717) is 18.7 Å². The monoisotopic (exact) mass is 401 g/mol. The molecular formula is C21H31N5OS. The molecule has 0 aliphatic carbocycles. The lowest BCUT2D eigenvalue weighted by molar-refractivity contribution is 0.0919. The van der Waals surface area contributed by atoms with Gasteiger partial charge in [-0.25, -0.2) is 9.98 Å². The topological polar surface area (TPSA) is 69.6 Å². The lowest BCUT2D eigenvalue weighted by atomic mass is 10.1. The van der Waals surface area contributed by atoms with E-state index in [4.69, 9.17) is 4.99 Å². The Morgan fingerprint density at radius 2 is 2.07 bits per heavy atom. The number of hydrogen-bond acceptors (Lipinski definition) is 4. The van der Waals surface area contributed by atoms with E-state index in [9.17, 15) is 4.79 Å². The molecule has 28 heavy (non-hydrogen) atoms. The van der Waals surface area contributed by atoms with Crippen molar-refractivity contribution < 1.29 is 4.79 Å². The van der Waals surface area contributed by atoms with E-state index in [0.717, 1.165) is 28.8 Å². The average molecular weight is 402 g/mol. The molecular weight excluding hydrogens is 370 g/mol. The number of aliphatic imine (C=N–C) groups is 1. The molecule has 0 fully saturated rings. The van der Waals surface area contributed by atoms with Gasteiger partial charge in [0.15, 0.2) is 5.96 Å². The number of rotatable bonds is 6. The zero-order valence-corrected chi connectivity index (χ0v) is 18.5. The van der Waals surface area contributed by atoms with Crippen molar-refractivity contribution in [3.05, 3.63) is 51.5 Å². The molecule has 0 aliphatic rings. The maximum absolute atomic E-state index is 12.4. The molecule has 0 aliphatic heterocycles. The molecule has 0 bridgehead atoms. The van der Waals surface area contributed by atoms with E-state index in [2.05, 4.69) is 25.9 Å². The Balaban J connectivity index is 2.09. The van der Waals surface area contributed by atoms with Gasteiger partial charge in [0.1, 0.15) is 0 Å². The Kier molecular flexibility index (Phi) is 7.57. The van der Waals surface area contributed by atoms with Crippen molar-refractivity contribution in [1.82, 2.24) is 20.5 Å². The molecule has 1 heterocycles. The normalized spacial score (nSPS) is 12.0. The second kappa shape index (κ2) is 9.68. The molecule has 152 valence electrons. The summed E-state index contributed by atoms with van der Waals surface area (Å²) in [6.45, 7) is 12.0. The molecule has 0 saturated carbocycles. The maximum Gasteiger partial charge on any atom is 0.251 e. The largest absolute Gasteiger partial charge is 0.357 e. The Morgan fingerprint density at radius 3 is 2.68 bits per heavy atom. The zero-order valence-electron chi connectivity index (χ0n) is 17.7. The predicted octanol–water partition coefficient (Wildman–Crippen LogP) is 3.58. The Hall–Kier alpha value is -2.41. The van der Waals surface area contributed by atoms with E-state index in [1.807, 2.05) is 65.9 Å². The second-order valence-electron chi connectivity index (χ2n) is 7.79. The highest BCUT2D eigenvalue weighted by atomic mass is 32.1. The first-order chi connectivity index (χ1) is 13.2. The molecule has 6 nitrogen and oxygen atoms in total. The second-order valence-corrected chi connectivity index (χ2v) is 8.85. The number of amides is 1. The fraction of sp³-hybridized carbons (Fsp3) is 0.476. The molecule has 0 radical (unpaired) electrons. The quantitative estimate of drug-likeness (QED) is 0.573. The summed E-state index contributed by atoms with van der Waals surface area (Å²) in [6, 6.07) is 7.62. The van der Waals surface area contributed by atoms with Crippen molar-refractivity contribution in [2.24, 2.45) is 4.99 Å². The summed E-state index contributed by atoms with van der Waals surface area (Å²) in [5.74, 6) is 0.749. The minimum Gasteiger partial charge on any atom is -0.357 e. The van der Waals surface area contributed by atoms with Crippen LogP contribution >= 0.6 is 11.3 Å². The smallest absolute Gasteiger partial charge is 0.251 e. The van der Waals surface area contributed by atoms with Gasteiger partial charge in [0.05, 0.1) is 23.8 Å². The van der Waals surface area contributed by atoms with Gasteiger partial charge in [-0.05, 0) is 52.3 Å². The molecule has 1 aromatic heterocycles. The highest BCUT2D eigenvalue weighted by Gasteiger charge is 2.15. The fourth-order valence-corrected chi connectivity index (χ4v) is 3.26. The molecule has 2 aromatic rings. The van der Waals surface area contributed by atoms with Gasteiger partial charge in [-0.2, -0.15) is 0 Å². The SMILES string of the molecule is CCNC(=NCc1cccc(C(=O)NC(C)(C)C)c1)N(C)Cc1csc(C)n1. The third-order valence-corrected chi connectivity index (χ3v) is 4.67. The highest BCUT2D eigenvalue weighted by molar-refractivity contribution is 7.09. The van der Waals surface area contributed by atoms with Crippen molar-refractivity contribution in [3.8, 4) is 0 Å². The molecule has 1 amide bonds. The first kappa shape index (κ1) is 21.9. The number of aryl methyl sites for hydroxylation is 1. The van der Waals surface area contributed by atoms with Gasteiger partial charge in [-0.1, -0.05) is 12.1 Å². The van der Waals surface area contributed by atoms with Crippen LogP contribution in [-0.2, 0) is 13.1 Å². The first-order valence-electron chi connectivity index (χ1n) is 9.50. The molecule has 7 heteroatoms. The Morgan fingerprint density at radius 1 is 1.32 bits per heavy atom. The van der Waals surface area contributed by atoms with Crippen LogP contribution in [0.25, 0.3) is 0 Å². The maximum atomic E-state index is 12.4. The third-order valence-electron chi connectivity index (χ3n) is 3.85. The molecule has 0 saturated heterocycles. The van der Waals surface area contributed by atoms with E-state index < -0.39 is 0 Å². The molecule has 0 spiro atoms. The standard InChI is InChI=1S/C21H31N5OS/c1-7-22-20(26(6)13-18-14-28-15(2)24-18)23-12-16-9-8-10-17(11-16)19(27)25-21(3,4)5/h8-11,14H,7,12-13H2,1-6H3,(H,22,23)(H,25,27). The van der Waals surface area contributed by atoms with E-state index in [-0.39, 0.29) is 11.4 Å². The number of nitrogens with one attached hydrogen (secondary N) is 2. The van der Waals surface area contributed by atoms with E-state index in [1.54, 1.807) is 11.3 Å². The predicted molar refractivity (Wildman–Crippen MR) is 117 cm³/mol. The summed E-state index contributed by atoms with van der Waals surface area (Å²) in [4.78, 5) is 23.7. The Bertz CT molecular complexity index is 822. The number of carbonyl (C=O) groups excluding carboxylic acids is 1. The summed E-state index contributed by atoms with van der Waals surface area (Å²) in [5, 5.41) is 9.46. The van der Waals surface area contributed by atoms with Crippen molar-refractivity contribution in [3.63, 3.8) is 0 Å². The number of carbonyl (C=O) groups is 1. The van der Waals surface area contributed by atoms with Gasteiger partial charge < -0.3 is 15.5 Å². The number of aromatic nitrogens is 1. The molecule has 2 rings (SSSR count). The average Bonchev–Trinajstić information content (AvgIpc) is 3.02. The van der Waals surface area contributed by atoms with Gasteiger partial charge in [-0.15, -0.1) is 11.3 Å². The van der Waals surface area contributed by atoms with Crippen LogP contribution in [0.4, 0.5) is 0 Å². The zero-order chi connectivity index (χ0) is 20.7. The first-order valence-corrected chi connectivity index (χ1v) is 10.4. The number of guanidine groups is 1. The summed E-state index contributed by atoms with van der Waals surface area (Å²) < 4.78 is 0. The molecule has 0 unspecified atom stereocenters. The summed E-state index contributed by atoms with van der Waals surface area (Å²) in [6.07, 6.45) is 0. The number of thiazole rings is 1. The minimum atomic E-state index is -0.264. The van der Waals surface area contributed by atoms with Crippen molar-refractivity contribution in [2.45, 2.75) is 53.2 Å². The van der Waals surface area contributed by atoms with Crippen LogP contribution in [0.3, 0.4) is 0 Å². The van der Waals surface area contributed by atoms with Crippen LogP contribution in [0, 0.1) is 6.92 Å². The van der Waals surface area contributed by atoms with Crippen LogP contribution in [0.5, 0.6) is 0 Å². The molecule has 2 N–H and O–H groups in total. The van der Waals surface area contributed by atoms with Gasteiger partial charge in [0.25, 0.3) is 5.91 Å². The van der Waals surface area contributed by atoms with Crippen LogP contribution in [0.15, 0.2) is 34.6 Å². The summed E-state index contributed by atoms with van der Waals surface area (Å²) >= 11 is 1.65. The molecule has 0 atom stereocenters. The van der Waals surface area contributed by atoms with Gasteiger partial charge >= 0.3 is 0 Å². The van der Waals surface area contributed by atoms with Crippen LogP contribution < -0.4 is 10.6 Å². The van der Waals surface area contributed by atoms with Crippen molar-refractivity contribution in [2.75, 3.05) is 13.6 Å². The Labute approximate surface area is 172 Å². The number of nitrogens with zero attached hydrogens (tertiary/aromatic N) is 3. The minimum absolute atomic E-state index is 0.0683. The van der Waals surface area contributed by atoms with Crippen LogP contribution in [-0.4, -0.2) is 40.9 Å².